The first-order valence-electron chi connectivity index (χ1n) is 6.76. The molecule has 2 N–H and O–H groups in total. The highest BCUT2D eigenvalue weighted by Gasteiger charge is 2.31. The van der Waals surface area contributed by atoms with Crippen molar-refractivity contribution in [2.75, 3.05) is 10.6 Å². The first-order valence-corrected chi connectivity index (χ1v) is 6.76. The molecule has 1 aliphatic rings. The predicted molar refractivity (Wildman–Crippen MR) is 79.1 cm³/mol. The van der Waals surface area contributed by atoms with Gasteiger partial charge in [0.1, 0.15) is 11.9 Å². The van der Waals surface area contributed by atoms with E-state index in [1.807, 2.05) is 38.1 Å². The average molecular weight is 284 g/mol. The lowest BCUT2D eigenvalue weighted by Gasteiger charge is -2.23. The number of nitrogens with one attached hydrogen (secondary N) is 2. The van der Waals surface area contributed by atoms with E-state index in [-0.39, 0.29) is 18.2 Å². The summed E-state index contributed by atoms with van der Waals surface area (Å²) in [6, 6.07) is 8.66. The van der Waals surface area contributed by atoms with Crippen molar-refractivity contribution in [3.05, 3.63) is 41.6 Å². The smallest absolute Gasteiger partial charge is 0.249 e. The average Bonchev–Trinajstić information content (AvgIpc) is 2.80. The van der Waals surface area contributed by atoms with Crippen LogP contribution in [0.15, 0.2) is 30.3 Å². The van der Waals surface area contributed by atoms with Gasteiger partial charge in [0.15, 0.2) is 0 Å². The van der Waals surface area contributed by atoms with Gasteiger partial charge in [0.2, 0.25) is 11.8 Å². The van der Waals surface area contributed by atoms with Crippen LogP contribution in [0.25, 0.3) is 0 Å². The number of carbonyl (C=O) groups excluding carboxylic acids is 2. The minimum atomic E-state index is -0.622. The highest BCUT2D eigenvalue weighted by molar-refractivity contribution is 6.01. The summed E-state index contributed by atoms with van der Waals surface area (Å²) in [6.45, 7) is 3.81. The molecule has 2 aromatic rings. The lowest BCUT2D eigenvalue weighted by molar-refractivity contribution is -0.125. The maximum Gasteiger partial charge on any atom is 0.249 e. The number of amides is 2. The number of fused-ring (bicyclic) bond motifs is 1. The van der Waals surface area contributed by atoms with Crippen molar-refractivity contribution in [3.63, 3.8) is 0 Å². The van der Waals surface area contributed by atoms with Crippen molar-refractivity contribution < 1.29 is 9.59 Å². The fourth-order valence-electron chi connectivity index (χ4n) is 2.37. The van der Waals surface area contributed by atoms with Gasteiger partial charge >= 0.3 is 0 Å². The fourth-order valence-corrected chi connectivity index (χ4v) is 2.37. The van der Waals surface area contributed by atoms with E-state index in [2.05, 4.69) is 15.7 Å². The van der Waals surface area contributed by atoms with Crippen molar-refractivity contribution in [3.8, 4) is 0 Å². The first-order chi connectivity index (χ1) is 10.0. The van der Waals surface area contributed by atoms with Crippen LogP contribution in [0.2, 0.25) is 0 Å². The molecule has 1 aromatic carbocycles. The molecule has 0 saturated carbocycles. The monoisotopic (exact) mass is 284 g/mol. The Hall–Kier alpha value is -2.63. The maximum atomic E-state index is 12.4. The van der Waals surface area contributed by atoms with Gasteiger partial charge in [-0.25, -0.2) is 4.68 Å². The van der Waals surface area contributed by atoms with Crippen LogP contribution in [0.4, 0.5) is 11.5 Å². The minimum absolute atomic E-state index is 0.0891. The van der Waals surface area contributed by atoms with Gasteiger partial charge in [0, 0.05) is 11.8 Å². The summed E-state index contributed by atoms with van der Waals surface area (Å²) in [4.78, 5) is 24.1. The molecule has 0 radical (unpaired) electrons. The summed E-state index contributed by atoms with van der Waals surface area (Å²) >= 11 is 0. The third kappa shape index (κ3) is 2.65. The zero-order chi connectivity index (χ0) is 15.0. The van der Waals surface area contributed by atoms with Crippen LogP contribution in [-0.4, -0.2) is 21.6 Å². The quantitative estimate of drug-likeness (QED) is 0.885. The van der Waals surface area contributed by atoms with Gasteiger partial charge in [-0.15, -0.1) is 0 Å². The SMILES string of the molecule is Cc1ccc(NC(=O)C2CC(=O)Nc3cc(C)nn32)cc1. The Morgan fingerprint density at radius 3 is 2.76 bits per heavy atom. The second-order valence-corrected chi connectivity index (χ2v) is 5.24. The number of nitrogens with zero attached hydrogens (tertiary/aromatic N) is 2. The van der Waals surface area contributed by atoms with Crippen LogP contribution in [0.3, 0.4) is 0 Å². The molecular formula is C15H16N4O2. The molecule has 0 aliphatic carbocycles. The molecule has 2 heterocycles. The number of carbonyl (C=O) groups is 2. The van der Waals surface area contributed by atoms with E-state index < -0.39 is 6.04 Å². The maximum absolute atomic E-state index is 12.4. The molecule has 1 unspecified atom stereocenters. The third-order valence-electron chi connectivity index (χ3n) is 3.42. The van der Waals surface area contributed by atoms with Gasteiger partial charge in [-0.2, -0.15) is 5.10 Å². The molecule has 1 atom stereocenters. The van der Waals surface area contributed by atoms with Gasteiger partial charge in [0.05, 0.1) is 12.1 Å². The molecule has 3 rings (SSSR count). The number of anilines is 2. The predicted octanol–water partition coefficient (Wildman–Crippen LogP) is 2.02. The van der Waals surface area contributed by atoms with Crippen molar-refractivity contribution in [1.29, 1.82) is 0 Å². The highest BCUT2D eigenvalue weighted by Crippen LogP contribution is 2.26. The lowest BCUT2D eigenvalue weighted by atomic mass is 10.1. The lowest BCUT2D eigenvalue weighted by Crippen LogP contribution is -2.35. The van der Waals surface area contributed by atoms with E-state index in [9.17, 15) is 9.59 Å². The molecule has 1 aromatic heterocycles. The van der Waals surface area contributed by atoms with Crippen LogP contribution >= 0.6 is 0 Å². The second kappa shape index (κ2) is 5.05. The summed E-state index contributed by atoms with van der Waals surface area (Å²) in [6.07, 6.45) is 0.0891. The molecule has 0 fully saturated rings. The van der Waals surface area contributed by atoms with Gasteiger partial charge in [-0.3, -0.25) is 9.59 Å². The van der Waals surface area contributed by atoms with Gasteiger partial charge in [-0.1, -0.05) is 17.7 Å². The Labute approximate surface area is 122 Å². The Bertz CT molecular complexity index is 703. The summed E-state index contributed by atoms with van der Waals surface area (Å²) in [5.41, 5.74) is 2.59. The van der Waals surface area contributed by atoms with Gasteiger partial charge < -0.3 is 10.6 Å². The summed E-state index contributed by atoms with van der Waals surface area (Å²) < 4.78 is 1.57. The standard InChI is InChI=1S/C15H16N4O2/c1-9-3-5-11(6-4-9)16-15(21)12-8-14(20)17-13-7-10(2)18-19(12)13/h3-7,12H,8H2,1-2H3,(H,16,21)(H,17,20). The zero-order valence-electron chi connectivity index (χ0n) is 11.9. The van der Waals surface area contributed by atoms with Gasteiger partial charge in [0.25, 0.3) is 0 Å². The molecule has 21 heavy (non-hydrogen) atoms. The number of aryl methyl sites for hydroxylation is 2. The van der Waals surface area contributed by atoms with Crippen LogP contribution in [-0.2, 0) is 9.59 Å². The topological polar surface area (TPSA) is 76.0 Å². The molecular weight excluding hydrogens is 268 g/mol. The van der Waals surface area contributed by atoms with E-state index in [4.69, 9.17) is 0 Å². The number of rotatable bonds is 2. The molecule has 0 bridgehead atoms. The molecule has 0 spiro atoms. The number of benzene rings is 1. The van der Waals surface area contributed by atoms with Crippen LogP contribution in [0, 0.1) is 13.8 Å². The molecule has 6 heteroatoms. The minimum Gasteiger partial charge on any atom is -0.324 e. The Kier molecular flexibility index (Phi) is 3.21. The van der Waals surface area contributed by atoms with Crippen molar-refractivity contribution in [2.45, 2.75) is 26.3 Å². The third-order valence-corrected chi connectivity index (χ3v) is 3.42. The zero-order valence-corrected chi connectivity index (χ0v) is 11.9. The van der Waals surface area contributed by atoms with Crippen LogP contribution in [0.1, 0.15) is 23.7 Å². The number of hydrogen-bond donors (Lipinski definition) is 2. The number of hydrogen-bond acceptors (Lipinski definition) is 3. The molecule has 108 valence electrons. The Morgan fingerprint density at radius 2 is 2.05 bits per heavy atom. The molecule has 2 amide bonds. The van der Waals surface area contributed by atoms with E-state index in [0.29, 0.717) is 11.5 Å². The Morgan fingerprint density at radius 1 is 1.33 bits per heavy atom. The first kappa shape index (κ1) is 13.4. The van der Waals surface area contributed by atoms with Crippen molar-refractivity contribution in [2.24, 2.45) is 0 Å². The van der Waals surface area contributed by atoms with Crippen molar-refractivity contribution >= 4 is 23.3 Å². The molecule has 6 nitrogen and oxygen atoms in total. The normalized spacial score (nSPS) is 17.0. The summed E-state index contributed by atoms with van der Waals surface area (Å²) in [5, 5.41) is 9.83. The van der Waals surface area contributed by atoms with Crippen molar-refractivity contribution in [1.82, 2.24) is 9.78 Å². The highest BCUT2D eigenvalue weighted by atomic mass is 16.2. The summed E-state index contributed by atoms with van der Waals surface area (Å²) in [7, 11) is 0. The van der Waals surface area contributed by atoms with Gasteiger partial charge in [-0.05, 0) is 26.0 Å². The fraction of sp³-hybridized carbons (Fsp3) is 0.267. The van der Waals surface area contributed by atoms with Crippen LogP contribution < -0.4 is 10.6 Å². The summed E-state index contributed by atoms with van der Waals surface area (Å²) in [5.74, 6) is 0.150. The van der Waals surface area contributed by atoms with E-state index >= 15 is 0 Å². The largest absolute Gasteiger partial charge is 0.324 e. The molecule has 0 saturated heterocycles. The second-order valence-electron chi connectivity index (χ2n) is 5.24. The Balaban J connectivity index is 1.84. The van der Waals surface area contributed by atoms with E-state index in [1.54, 1.807) is 10.7 Å². The molecule has 1 aliphatic heterocycles. The number of aromatic nitrogens is 2. The van der Waals surface area contributed by atoms with E-state index in [1.165, 1.54) is 0 Å². The van der Waals surface area contributed by atoms with Crippen LogP contribution in [0.5, 0.6) is 0 Å². The van der Waals surface area contributed by atoms with E-state index in [0.717, 1.165) is 11.3 Å².